The molecule has 0 saturated carbocycles. The van der Waals surface area contributed by atoms with Crippen LogP contribution in [0.4, 0.5) is 0 Å². The number of para-hydroxylation sites is 1. The molecule has 3 unspecified atom stereocenters. The Morgan fingerprint density at radius 1 is 1.12 bits per heavy atom. The minimum atomic E-state index is -1.14. The first kappa shape index (κ1) is 31.7. The van der Waals surface area contributed by atoms with Gasteiger partial charge in [0.1, 0.15) is 36.1 Å². The van der Waals surface area contributed by atoms with Crippen LogP contribution >= 0.6 is 22.6 Å². The van der Waals surface area contributed by atoms with Crippen LogP contribution in [0.15, 0.2) is 54.1 Å². The van der Waals surface area contributed by atoms with Crippen molar-refractivity contribution >= 4 is 34.4 Å². The summed E-state index contributed by atoms with van der Waals surface area (Å²) in [5.41, 5.74) is 1.18. The van der Waals surface area contributed by atoms with E-state index < -0.39 is 24.2 Å². The summed E-state index contributed by atoms with van der Waals surface area (Å²) in [5, 5.41) is 23.4. The van der Waals surface area contributed by atoms with Gasteiger partial charge in [0.25, 0.3) is 0 Å². The fourth-order valence-electron chi connectivity index (χ4n) is 4.53. The molecule has 3 N–H and O–H groups in total. The zero-order valence-corrected chi connectivity index (χ0v) is 25.1. The first-order chi connectivity index (χ1) is 19.3. The van der Waals surface area contributed by atoms with Gasteiger partial charge in [-0.3, -0.25) is 9.59 Å². The molecule has 218 valence electrons. The second kappa shape index (κ2) is 15.8. The van der Waals surface area contributed by atoms with Crippen molar-refractivity contribution in [1.82, 2.24) is 10.2 Å². The smallest absolute Gasteiger partial charge is 0.248 e. The van der Waals surface area contributed by atoms with E-state index >= 15 is 0 Å². The molecule has 40 heavy (non-hydrogen) atoms. The third-order valence-electron chi connectivity index (χ3n) is 6.57. The van der Waals surface area contributed by atoms with Crippen molar-refractivity contribution in [2.45, 2.75) is 38.0 Å². The summed E-state index contributed by atoms with van der Waals surface area (Å²) in [6.45, 7) is 2.06. The summed E-state index contributed by atoms with van der Waals surface area (Å²) in [6.07, 6.45) is 0.0468. The lowest BCUT2D eigenvalue weighted by molar-refractivity contribution is -0.143. The molecule has 0 saturated heterocycles. The third kappa shape index (κ3) is 8.32. The number of benzene rings is 2. The lowest BCUT2D eigenvalue weighted by Gasteiger charge is -2.40. The maximum Gasteiger partial charge on any atom is 0.248 e. The molecule has 0 radical (unpaired) electrons. The van der Waals surface area contributed by atoms with Crippen LogP contribution in [0.3, 0.4) is 0 Å². The minimum Gasteiger partial charge on any atom is -0.497 e. The topological polar surface area (TPSA) is 127 Å². The van der Waals surface area contributed by atoms with Crippen LogP contribution in [-0.2, 0) is 20.7 Å². The Labute approximate surface area is 248 Å². The van der Waals surface area contributed by atoms with Gasteiger partial charge in [-0.2, -0.15) is 0 Å². The highest BCUT2D eigenvalue weighted by molar-refractivity contribution is 14.1. The van der Waals surface area contributed by atoms with Gasteiger partial charge < -0.3 is 39.4 Å². The van der Waals surface area contributed by atoms with Crippen LogP contribution in [0.5, 0.6) is 17.2 Å². The van der Waals surface area contributed by atoms with Crippen LogP contribution in [0.2, 0.25) is 0 Å². The fourth-order valence-corrected chi connectivity index (χ4v) is 5.05. The van der Waals surface area contributed by atoms with Crippen LogP contribution in [0, 0.1) is 3.57 Å². The van der Waals surface area contributed by atoms with Crippen LogP contribution < -0.4 is 19.5 Å². The molecule has 1 aliphatic rings. The van der Waals surface area contributed by atoms with E-state index in [0.717, 1.165) is 9.13 Å². The molecule has 0 spiro atoms. The molecule has 2 aromatic carbocycles. The highest BCUT2D eigenvalue weighted by Gasteiger charge is 2.40. The van der Waals surface area contributed by atoms with Crippen molar-refractivity contribution in [1.29, 1.82) is 0 Å². The SMILES string of the molecule is CCOCC(=O)N(CCc1cc(OC)ccc1OC)C1CC(C(=O)NCCO)=CC(Oc2ccccc2I)C1O. The number of carbonyl (C=O) groups excluding carboxylic acids is 2. The average molecular weight is 669 g/mol. The number of rotatable bonds is 14. The van der Waals surface area contributed by atoms with Gasteiger partial charge >= 0.3 is 0 Å². The molecule has 10 nitrogen and oxygen atoms in total. The van der Waals surface area contributed by atoms with Gasteiger partial charge in [0.2, 0.25) is 11.8 Å². The average Bonchev–Trinajstić information content (AvgIpc) is 2.97. The van der Waals surface area contributed by atoms with Gasteiger partial charge in [-0.25, -0.2) is 0 Å². The number of ether oxygens (including phenoxy) is 4. The summed E-state index contributed by atoms with van der Waals surface area (Å²) >= 11 is 2.14. The van der Waals surface area contributed by atoms with Gasteiger partial charge in [0.05, 0.1) is 30.4 Å². The van der Waals surface area contributed by atoms with Crippen LogP contribution in [-0.4, -0.2) is 92.3 Å². The van der Waals surface area contributed by atoms with Crippen molar-refractivity contribution in [2.24, 2.45) is 0 Å². The molecule has 2 aromatic rings. The predicted molar refractivity (Wildman–Crippen MR) is 158 cm³/mol. The quantitative estimate of drug-likeness (QED) is 0.262. The van der Waals surface area contributed by atoms with Gasteiger partial charge in [-0.1, -0.05) is 12.1 Å². The van der Waals surface area contributed by atoms with Gasteiger partial charge in [0.15, 0.2) is 0 Å². The Morgan fingerprint density at radius 3 is 2.58 bits per heavy atom. The number of halogens is 1. The molecule has 0 bridgehead atoms. The van der Waals surface area contributed by atoms with E-state index in [2.05, 4.69) is 27.9 Å². The van der Waals surface area contributed by atoms with Crippen molar-refractivity contribution in [2.75, 3.05) is 47.1 Å². The summed E-state index contributed by atoms with van der Waals surface area (Å²) in [4.78, 5) is 28.0. The lowest BCUT2D eigenvalue weighted by atomic mass is 9.88. The molecule has 3 atom stereocenters. The molecular weight excluding hydrogens is 631 g/mol. The lowest BCUT2D eigenvalue weighted by Crippen LogP contribution is -2.56. The number of nitrogens with zero attached hydrogens (tertiary/aromatic N) is 1. The van der Waals surface area contributed by atoms with E-state index in [1.165, 1.54) is 0 Å². The molecule has 0 heterocycles. The van der Waals surface area contributed by atoms with Gasteiger partial charge in [-0.05, 0) is 77.9 Å². The standard InChI is InChI=1S/C29H37IN2O8/c1-4-39-18-27(34)32(13-11-19-15-21(37-2)9-10-24(19)38-3)23-16-20(29(36)31-12-14-33)17-26(28(23)35)40-25-8-6-5-7-22(25)30/h5-10,15,17,23,26,28,33,35H,4,11-14,16,18H2,1-3H3,(H,31,36). The fraction of sp³-hybridized carbons (Fsp3) is 0.448. The van der Waals surface area contributed by atoms with Crippen LogP contribution in [0.1, 0.15) is 18.9 Å². The van der Waals surface area contributed by atoms with Crippen molar-refractivity contribution in [3.63, 3.8) is 0 Å². The van der Waals surface area contributed by atoms with Crippen LogP contribution in [0.25, 0.3) is 0 Å². The first-order valence-electron chi connectivity index (χ1n) is 13.1. The third-order valence-corrected chi connectivity index (χ3v) is 7.47. The highest BCUT2D eigenvalue weighted by Crippen LogP contribution is 2.31. The minimum absolute atomic E-state index is 0.0775. The zero-order valence-electron chi connectivity index (χ0n) is 23.0. The number of hydrogen-bond acceptors (Lipinski definition) is 8. The Balaban J connectivity index is 1.95. The number of aliphatic hydroxyl groups excluding tert-OH is 2. The Morgan fingerprint density at radius 2 is 1.90 bits per heavy atom. The zero-order chi connectivity index (χ0) is 29.1. The summed E-state index contributed by atoms with van der Waals surface area (Å²) < 4.78 is 23.3. The van der Waals surface area contributed by atoms with E-state index in [-0.39, 0.29) is 38.6 Å². The second-order valence-corrected chi connectivity index (χ2v) is 10.3. The van der Waals surface area contributed by atoms with E-state index in [1.807, 2.05) is 24.3 Å². The maximum atomic E-state index is 13.5. The molecule has 3 rings (SSSR count). The number of aliphatic hydroxyl groups is 2. The second-order valence-electron chi connectivity index (χ2n) is 9.10. The molecule has 1 aliphatic carbocycles. The van der Waals surface area contributed by atoms with E-state index in [9.17, 15) is 19.8 Å². The Bertz CT molecular complexity index is 1170. The van der Waals surface area contributed by atoms with E-state index in [0.29, 0.717) is 35.8 Å². The molecule has 0 aliphatic heterocycles. The number of amides is 2. The Hall–Kier alpha value is -2.87. The number of methoxy groups -OCH3 is 2. The molecule has 0 fully saturated rings. The van der Waals surface area contributed by atoms with Crippen molar-refractivity contribution < 1.29 is 38.7 Å². The number of hydrogen-bond donors (Lipinski definition) is 3. The van der Waals surface area contributed by atoms with Crippen molar-refractivity contribution in [3.05, 3.63) is 63.2 Å². The number of carbonyl (C=O) groups is 2. The molecule has 0 aromatic heterocycles. The molecular formula is C29H37IN2O8. The largest absolute Gasteiger partial charge is 0.497 e. The summed E-state index contributed by atoms with van der Waals surface area (Å²) in [5.74, 6) is 1.13. The van der Waals surface area contributed by atoms with Gasteiger partial charge in [-0.15, -0.1) is 0 Å². The van der Waals surface area contributed by atoms with Gasteiger partial charge in [0, 0.05) is 31.7 Å². The number of nitrogens with one attached hydrogen (secondary N) is 1. The van der Waals surface area contributed by atoms with E-state index in [1.54, 1.807) is 50.3 Å². The summed E-state index contributed by atoms with van der Waals surface area (Å²) in [7, 11) is 3.15. The first-order valence-corrected chi connectivity index (χ1v) is 14.2. The molecule has 11 heteroatoms. The molecule has 2 amide bonds. The Kier molecular flexibility index (Phi) is 12.5. The summed E-state index contributed by atoms with van der Waals surface area (Å²) in [6, 6.07) is 12.0. The highest BCUT2D eigenvalue weighted by atomic mass is 127. The maximum absolute atomic E-state index is 13.5. The monoisotopic (exact) mass is 668 g/mol. The van der Waals surface area contributed by atoms with E-state index in [4.69, 9.17) is 18.9 Å². The predicted octanol–water partition coefficient (Wildman–Crippen LogP) is 2.33. The van der Waals surface area contributed by atoms with Crippen molar-refractivity contribution in [3.8, 4) is 17.2 Å². The normalized spacial score (nSPS) is 18.4.